The van der Waals surface area contributed by atoms with E-state index in [9.17, 15) is 24.9 Å². The summed E-state index contributed by atoms with van der Waals surface area (Å²) in [6.45, 7) is 7.23. The molecule has 0 bridgehead atoms. The number of unbranched alkanes of at least 4 members (excludes halogenated alkanes) is 3. The van der Waals surface area contributed by atoms with E-state index < -0.39 is 23.6 Å². The van der Waals surface area contributed by atoms with Crippen molar-refractivity contribution in [1.82, 2.24) is 0 Å². The third kappa shape index (κ3) is 5.78. The fourth-order valence-corrected chi connectivity index (χ4v) is 4.41. The minimum absolute atomic E-state index is 0.0584. The van der Waals surface area contributed by atoms with Gasteiger partial charge in [-0.25, -0.2) is 0 Å². The van der Waals surface area contributed by atoms with Crippen molar-refractivity contribution in [3.63, 3.8) is 0 Å². The largest absolute Gasteiger partial charge is 0.512 e. The van der Waals surface area contributed by atoms with Crippen molar-refractivity contribution in [3.8, 4) is 0 Å². The molecule has 0 spiro atoms. The second-order valence-electron chi connectivity index (χ2n) is 9.68. The minimum Gasteiger partial charge on any atom is -0.512 e. The van der Waals surface area contributed by atoms with Crippen molar-refractivity contribution in [2.75, 3.05) is 0 Å². The molecular weight excluding hydrogens is 388 g/mol. The molecule has 2 aliphatic rings. The molecule has 0 aromatic carbocycles. The topological polar surface area (TPSA) is 124 Å². The van der Waals surface area contributed by atoms with Crippen molar-refractivity contribution in [2.45, 2.75) is 84.8 Å². The van der Waals surface area contributed by atoms with E-state index in [0.717, 1.165) is 25.7 Å². The van der Waals surface area contributed by atoms with Gasteiger partial charge < -0.3 is 25.2 Å². The number of carboxylic acids is 1. The Hall–Kier alpha value is -2.02. The monoisotopic (exact) mass is 424 g/mol. The van der Waals surface area contributed by atoms with Crippen LogP contribution in [0.2, 0.25) is 0 Å². The Bertz CT molecular complexity index is 701. The predicted molar refractivity (Wildman–Crippen MR) is 112 cm³/mol. The third-order valence-corrected chi connectivity index (χ3v) is 6.25. The lowest BCUT2D eigenvalue weighted by molar-refractivity contribution is -0.165. The van der Waals surface area contributed by atoms with Crippen molar-refractivity contribution >= 4 is 11.9 Å². The molecule has 0 saturated carbocycles. The van der Waals surface area contributed by atoms with Crippen LogP contribution in [0.5, 0.6) is 0 Å². The number of hydrogen-bond acceptors (Lipinski definition) is 6. The lowest BCUT2D eigenvalue weighted by Crippen LogP contribution is -2.46. The third-order valence-electron chi connectivity index (χ3n) is 6.25. The Morgan fingerprint density at radius 3 is 2.37 bits per heavy atom. The number of carbonyl (C=O) groups is 2. The van der Waals surface area contributed by atoms with E-state index in [1.165, 1.54) is 6.08 Å². The molecule has 0 fully saturated rings. The van der Waals surface area contributed by atoms with Gasteiger partial charge in [0.25, 0.3) is 0 Å². The first-order valence-electron chi connectivity index (χ1n) is 10.9. The van der Waals surface area contributed by atoms with Crippen LogP contribution in [0, 0.1) is 23.2 Å². The number of hydrogen-bond donors (Lipinski definition) is 4. The summed E-state index contributed by atoms with van der Waals surface area (Å²) in [4.78, 5) is 23.2. The van der Waals surface area contributed by atoms with Crippen LogP contribution in [0.15, 0.2) is 23.2 Å². The Morgan fingerprint density at radius 2 is 1.77 bits per heavy atom. The summed E-state index contributed by atoms with van der Waals surface area (Å²) in [6.07, 6.45) is 3.98. The van der Waals surface area contributed by atoms with Crippen LogP contribution in [0.3, 0.4) is 0 Å². The molecule has 0 aromatic heterocycles. The van der Waals surface area contributed by atoms with Crippen LogP contribution in [0.4, 0.5) is 0 Å². The molecular formula is C23H36O7. The molecule has 0 saturated heterocycles. The maximum absolute atomic E-state index is 12.5. The fraction of sp³-hybridized carbons (Fsp3) is 0.739. The first kappa shape index (κ1) is 24.3. The fourth-order valence-electron chi connectivity index (χ4n) is 4.41. The Morgan fingerprint density at radius 1 is 1.13 bits per heavy atom. The minimum atomic E-state index is -1.14. The predicted octanol–water partition coefficient (Wildman–Crippen LogP) is 4.27. The first-order chi connectivity index (χ1) is 13.9. The van der Waals surface area contributed by atoms with Gasteiger partial charge in [0.05, 0.1) is 11.2 Å². The molecule has 7 nitrogen and oxygen atoms in total. The number of aliphatic hydroxyl groups is 3. The van der Waals surface area contributed by atoms with Crippen LogP contribution >= 0.6 is 0 Å². The highest BCUT2D eigenvalue weighted by Gasteiger charge is 2.47. The molecule has 0 aromatic rings. The van der Waals surface area contributed by atoms with E-state index in [1.807, 2.05) is 6.92 Å². The summed E-state index contributed by atoms with van der Waals surface area (Å²) in [7, 11) is 0. The normalized spacial score (nSPS) is 29.2. The van der Waals surface area contributed by atoms with E-state index in [-0.39, 0.29) is 48.1 Å². The summed E-state index contributed by atoms with van der Waals surface area (Å²) in [5.74, 6) is -1.69. The van der Waals surface area contributed by atoms with Gasteiger partial charge in [0.1, 0.15) is 18.0 Å². The van der Waals surface area contributed by atoms with Crippen molar-refractivity contribution in [1.29, 1.82) is 0 Å². The lowest BCUT2D eigenvalue weighted by Gasteiger charge is -2.44. The standard InChI is InChI=1S/C23H36O7/c1-13-14(9-7-5-6-8-10-19(26)27)20-15(11-16(13)24)21(28)17(25)12-18(20)30-22(29)23(2,3)4/h11,13-14,17-18,20,24-25,28H,5-10,12H2,1-4H3,(H,26,27)/t13-,14+,17-,18-,20+/m0/s1. The van der Waals surface area contributed by atoms with Gasteiger partial charge in [-0.05, 0) is 45.6 Å². The molecule has 5 atom stereocenters. The van der Waals surface area contributed by atoms with Crippen molar-refractivity contribution in [2.24, 2.45) is 23.2 Å². The maximum atomic E-state index is 12.5. The number of carbonyl (C=O) groups excluding carboxylic acids is 1. The lowest BCUT2D eigenvalue weighted by atomic mass is 9.65. The summed E-state index contributed by atoms with van der Waals surface area (Å²) in [6, 6.07) is 0. The smallest absolute Gasteiger partial charge is 0.311 e. The number of fused-ring (bicyclic) bond motifs is 1. The Balaban J connectivity index is 2.19. The molecule has 7 heteroatoms. The van der Waals surface area contributed by atoms with Gasteiger partial charge in [-0.15, -0.1) is 0 Å². The molecule has 4 N–H and O–H groups in total. The van der Waals surface area contributed by atoms with Gasteiger partial charge in [0, 0.05) is 30.3 Å². The average Bonchev–Trinajstić information content (AvgIpc) is 2.64. The number of aliphatic carboxylic acids is 1. The number of aliphatic hydroxyl groups excluding tert-OH is 3. The van der Waals surface area contributed by atoms with E-state index in [1.54, 1.807) is 20.8 Å². The molecule has 170 valence electrons. The summed E-state index contributed by atoms with van der Waals surface area (Å²) in [5.41, 5.74) is -0.237. The SMILES string of the molecule is C[C@@H]1C(O)=CC2=C(O)[C@@H](O)C[C@H](OC(=O)C(C)(C)C)[C@@H]2[C@@H]1CCCCCCC(=O)O. The van der Waals surface area contributed by atoms with Crippen molar-refractivity contribution < 1.29 is 34.8 Å². The summed E-state index contributed by atoms with van der Waals surface area (Å²) < 4.78 is 5.81. The zero-order valence-corrected chi connectivity index (χ0v) is 18.4. The zero-order chi connectivity index (χ0) is 22.6. The quantitative estimate of drug-likeness (QED) is 0.339. The second kappa shape index (κ2) is 9.86. The molecule has 30 heavy (non-hydrogen) atoms. The number of esters is 1. The van der Waals surface area contributed by atoms with Crippen LogP contribution in [0.1, 0.15) is 72.6 Å². The van der Waals surface area contributed by atoms with Gasteiger partial charge in [-0.3, -0.25) is 9.59 Å². The molecule has 0 radical (unpaired) electrons. The van der Waals surface area contributed by atoms with Gasteiger partial charge in [-0.1, -0.05) is 26.2 Å². The molecule has 0 unspecified atom stereocenters. The van der Waals surface area contributed by atoms with E-state index >= 15 is 0 Å². The van der Waals surface area contributed by atoms with E-state index in [2.05, 4.69) is 0 Å². The van der Waals surface area contributed by atoms with Gasteiger partial charge in [0.15, 0.2) is 0 Å². The summed E-state index contributed by atoms with van der Waals surface area (Å²) >= 11 is 0. The highest BCUT2D eigenvalue weighted by Crippen LogP contribution is 2.47. The molecule has 0 aliphatic heterocycles. The number of carboxylic acid groups (broad SMARTS) is 1. The average molecular weight is 425 g/mol. The van der Waals surface area contributed by atoms with E-state index in [0.29, 0.717) is 12.0 Å². The number of rotatable bonds is 8. The van der Waals surface area contributed by atoms with Crippen LogP contribution in [0.25, 0.3) is 0 Å². The highest BCUT2D eigenvalue weighted by molar-refractivity contribution is 5.75. The number of allylic oxidation sites excluding steroid dienone is 2. The van der Waals surface area contributed by atoms with Crippen molar-refractivity contribution in [3.05, 3.63) is 23.2 Å². The van der Waals surface area contributed by atoms with E-state index in [4.69, 9.17) is 9.84 Å². The molecule has 2 aliphatic carbocycles. The van der Waals surface area contributed by atoms with Gasteiger partial charge >= 0.3 is 11.9 Å². The summed E-state index contributed by atoms with van der Waals surface area (Å²) in [5, 5.41) is 40.0. The van der Waals surface area contributed by atoms with Crippen LogP contribution in [-0.4, -0.2) is 44.6 Å². The molecule has 0 amide bonds. The zero-order valence-electron chi connectivity index (χ0n) is 18.4. The molecule has 0 heterocycles. The highest BCUT2D eigenvalue weighted by atomic mass is 16.5. The van der Waals surface area contributed by atoms with Gasteiger partial charge in [0.2, 0.25) is 0 Å². The van der Waals surface area contributed by atoms with Crippen LogP contribution in [-0.2, 0) is 14.3 Å². The second-order valence-corrected chi connectivity index (χ2v) is 9.68. The Labute approximate surface area is 178 Å². The molecule has 2 rings (SSSR count). The number of ether oxygens (including phenoxy) is 1. The van der Waals surface area contributed by atoms with Crippen LogP contribution < -0.4 is 0 Å². The van der Waals surface area contributed by atoms with Gasteiger partial charge in [-0.2, -0.15) is 0 Å². The maximum Gasteiger partial charge on any atom is 0.311 e. The Kier molecular flexibility index (Phi) is 7.97. The first-order valence-corrected chi connectivity index (χ1v) is 10.9.